The second kappa shape index (κ2) is 5.35. The summed E-state index contributed by atoms with van der Waals surface area (Å²) in [6.07, 6.45) is 1.82. The molecule has 0 atom stereocenters. The van der Waals surface area contributed by atoms with Crippen LogP contribution in [0.4, 0.5) is 10.5 Å². The minimum absolute atomic E-state index is 0.0774. The van der Waals surface area contributed by atoms with E-state index in [1.165, 1.54) is 0 Å². The van der Waals surface area contributed by atoms with Gasteiger partial charge in [0.2, 0.25) is 5.91 Å². The van der Waals surface area contributed by atoms with Crippen LogP contribution in [0.1, 0.15) is 12.8 Å². The monoisotopic (exact) mass is 345 g/mol. The van der Waals surface area contributed by atoms with Gasteiger partial charge in [-0.15, -0.1) is 0 Å². The molecule has 6 heteroatoms. The first-order valence-corrected chi connectivity index (χ1v) is 6.35. The van der Waals surface area contributed by atoms with E-state index in [2.05, 4.69) is 38.8 Å². The Hall–Kier alpha value is -1.31. The molecule has 1 aromatic rings. The molecule has 17 heavy (non-hydrogen) atoms. The van der Waals surface area contributed by atoms with Crippen LogP contribution >= 0.6 is 22.6 Å². The number of nitrogens with one attached hydrogen (secondary N) is 3. The highest BCUT2D eigenvalue weighted by Crippen LogP contribution is 2.28. The van der Waals surface area contributed by atoms with Crippen LogP contribution in [0.15, 0.2) is 24.3 Å². The topological polar surface area (TPSA) is 70.2 Å². The predicted molar refractivity (Wildman–Crippen MR) is 72.2 cm³/mol. The number of rotatable bonds is 2. The molecule has 0 unspecified atom stereocenters. The number of hydrazine groups is 1. The van der Waals surface area contributed by atoms with Gasteiger partial charge in [-0.05, 0) is 59.7 Å². The second-order valence-electron chi connectivity index (χ2n) is 3.85. The van der Waals surface area contributed by atoms with Crippen molar-refractivity contribution >= 4 is 40.2 Å². The summed E-state index contributed by atoms with van der Waals surface area (Å²) < 4.78 is 1.09. The number of amides is 3. The molecule has 0 aliphatic heterocycles. The van der Waals surface area contributed by atoms with Crippen molar-refractivity contribution in [3.05, 3.63) is 27.8 Å². The van der Waals surface area contributed by atoms with E-state index < -0.39 is 6.03 Å². The van der Waals surface area contributed by atoms with Gasteiger partial charge in [0.05, 0.1) is 0 Å². The maximum atomic E-state index is 11.4. The Kier molecular flexibility index (Phi) is 3.82. The lowest BCUT2D eigenvalue weighted by Gasteiger charge is -2.08. The Bertz CT molecular complexity index is 429. The van der Waals surface area contributed by atoms with Crippen LogP contribution in [-0.4, -0.2) is 11.9 Å². The normalized spacial score (nSPS) is 13.9. The van der Waals surface area contributed by atoms with Gasteiger partial charge in [0.15, 0.2) is 0 Å². The Balaban J connectivity index is 1.76. The van der Waals surface area contributed by atoms with E-state index in [-0.39, 0.29) is 11.8 Å². The molecule has 1 aliphatic carbocycles. The Morgan fingerprint density at radius 2 is 1.76 bits per heavy atom. The lowest BCUT2D eigenvalue weighted by Crippen LogP contribution is -2.44. The zero-order valence-electron chi connectivity index (χ0n) is 9.00. The molecule has 0 spiro atoms. The molecule has 0 saturated heterocycles. The minimum Gasteiger partial charge on any atom is -0.307 e. The largest absolute Gasteiger partial charge is 0.337 e. The van der Waals surface area contributed by atoms with Crippen molar-refractivity contribution in [1.29, 1.82) is 0 Å². The molecule has 3 N–H and O–H groups in total. The fraction of sp³-hybridized carbons (Fsp3) is 0.273. The lowest BCUT2D eigenvalue weighted by molar-refractivity contribution is -0.122. The highest BCUT2D eigenvalue weighted by Gasteiger charge is 2.29. The summed E-state index contributed by atoms with van der Waals surface area (Å²) in [6, 6.07) is 6.92. The fourth-order valence-corrected chi connectivity index (χ4v) is 1.62. The zero-order valence-corrected chi connectivity index (χ0v) is 11.2. The lowest BCUT2D eigenvalue weighted by atomic mass is 10.3. The number of hydrogen-bond donors (Lipinski definition) is 3. The molecule has 3 amide bonds. The smallest absolute Gasteiger partial charge is 0.307 e. The van der Waals surface area contributed by atoms with Crippen molar-refractivity contribution in [2.24, 2.45) is 5.92 Å². The van der Waals surface area contributed by atoms with Gasteiger partial charge in [-0.3, -0.25) is 10.2 Å². The molecule has 2 rings (SSSR count). The van der Waals surface area contributed by atoms with Gasteiger partial charge in [-0.2, -0.15) is 0 Å². The van der Waals surface area contributed by atoms with Crippen molar-refractivity contribution in [1.82, 2.24) is 10.9 Å². The van der Waals surface area contributed by atoms with Crippen LogP contribution in [0.5, 0.6) is 0 Å². The number of anilines is 1. The summed E-state index contributed by atoms with van der Waals surface area (Å²) in [5, 5.41) is 2.62. The number of urea groups is 1. The number of hydrogen-bond acceptors (Lipinski definition) is 2. The number of halogens is 1. The molecule has 1 aromatic carbocycles. The molecular formula is C11H12IN3O2. The van der Waals surface area contributed by atoms with Crippen molar-refractivity contribution in [2.75, 3.05) is 5.32 Å². The number of carbonyl (C=O) groups excluding carboxylic acids is 2. The summed E-state index contributed by atoms with van der Waals surface area (Å²) >= 11 is 2.18. The number of carbonyl (C=O) groups is 2. The summed E-state index contributed by atoms with van der Waals surface area (Å²) in [5.41, 5.74) is 5.37. The van der Waals surface area contributed by atoms with Crippen LogP contribution in [0.25, 0.3) is 0 Å². The summed E-state index contributed by atoms with van der Waals surface area (Å²) in [7, 11) is 0. The third-order valence-corrected chi connectivity index (χ3v) is 3.07. The van der Waals surface area contributed by atoms with E-state index in [0.717, 1.165) is 16.4 Å². The molecule has 90 valence electrons. The molecule has 1 aliphatic rings. The molecule has 5 nitrogen and oxygen atoms in total. The fourth-order valence-electron chi connectivity index (χ4n) is 1.26. The van der Waals surface area contributed by atoms with Gasteiger partial charge in [0.25, 0.3) is 0 Å². The molecule has 0 aromatic heterocycles. The maximum Gasteiger partial charge on any atom is 0.337 e. The first kappa shape index (κ1) is 12.2. The molecular weight excluding hydrogens is 333 g/mol. The average molecular weight is 345 g/mol. The highest BCUT2D eigenvalue weighted by molar-refractivity contribution is 14.1. The molecule has 1 fully saturated rings. The van der Waals surface area contributed by atoms with Gasteiger partial charge in [0, 0.05) is 15.2 Å². The van der Waals surface area contributed by atoms with Crippen LogP contribution in [0, 0.1) is 9.49 Å². The van der Waals surface area contributed by atoms with Crippen LogP contribution in [0.2, 0.25) is 0 Å². The van der Waals surface area contributed by atoms with Gasteiger partial charge in [0.1, 0.15) is 0 Å². The van der Waals surface area contributed by atoms with Crippen LogP contribution in [0.3, 0.4) is 0 Å². The standard InChI is InChI=1S/C11H12IN3O2/c12-8-3-5-9(6-4-8)13-11(17)15-14-10(16)7-1-2-7/h3-7H,1-2H2,(H,14,16)(H2,13,15,17). The van der Waals surface area contributed by atoms with Gasteiger partial charge < -0.3 is 5.32 Å². The molecule has 0 heterocycles. The highest BCUT2D eigenvalue weighted by atomic mass is 127. The van der Waals surface area contributed by atoms with E-state index in [0.29, 0.717) is 5.69 Å². The van der Waals surface area contributed by atoms with Crippen LogP contribution < -0.4 is 16.2 Å². The molecule has 1 saturated carbocycles. The minimum atomic E-state index is -0.444. The quantitative estimate of drug-likeness (QED) is 0.566. The van der Waals surface area contributed by atoms with Crippen molar-refractivity contribution in [2.45, 2.75) is 12.8 Å². The predicted octanol–water partition coefficient (Wildman–Crippen LogP) is 1.85. The van der Waals surface area contributed by atoms with Crippen molar-refractivity contribution < 1.29 is 9.59 Å². The van der Waals surface area contributed by atoms with E-state index in [1.54, 1.807) is 12.1 Å². The van der Waals surface area contributed by atoms with Crippen LogP contribution in [-0.2, 0) is 4.79 Å². The Morgan fingerprint density at radius 1 is 1.12 bits per heavy atom. The third kappa shape index (κ3) is 3.88. The SMILES string of the molecule is O=C(NNC(=O)C1CC1)Nc1ccc(I)cc1. The van der Waals surface area contributed by atoms with E-state index in [4.69, 9.17) is 0 Å². The summed E-state index contributed by atoms with van der Waals surface area (Å²) in [6.45, 7) is 0. The Morgan fingerprint density at radius 3 is 2.35 bits per heavy atom. The second-order valence-corrected chi connectivity index (χ2v) is 5.10. The van der Waals surface area contributed by atoms with E-state index in [1.807, 2.05) is 12.1 Å². The van der Waals surface area contributed by atoms with Gasteiger partial charge in [-0.25, -0.2) is 10.2 Å². The Labute approximate surface area is 112 Å². The first-order chi connectivity index (χ1) is 8.15. The van der Waals surface area contributed by atoms with E-state index >= 15 is 0 Å². The van der Waals surface area contributed by atoms with Gasteiger partial charge in [-0.1, -0.05) is 0 Å². The summed E-state index contributed by atoms with van der Waals surface area (Å²) in [5.74, 6) is -0.0450. The van der Waals surface area contributed by atoms with Gasteiger partial charge >= 0.3 is 6.03 Å². The molecule has 0 bridgehead atoms. The maximum absolute atomic E-state index is 11.4. The average Bonchev–Trinajstić information content (AvgIpc) is 3.13. The first-order valence-electron chi connectivity index (χ1n) is 5.27. The summed E-state index contributed by atoms with van der Waals surface area (Å²) in [4.78, 5) is 22.7. The molecule has 0 radical (unpaired) electrons. The van der Waals surface area contributed by atoms with Crippen molar-refractivity contribution in [3.63, 3.8) is 0 Å². The number of benzene rings is 1. The van der Waals surface area contributed by atoms with E-state index in [9.17, 15) is 9.59 Å². The third-order valence-electron chi connectivity index (χ3n) is 2.35. The van der Waals surface area contributed by atoms with Crippen molar-refractivity contribution in [3.8, 4) is 0 Å². The zero-order chi connectivity index (χ0) is 12.3.